The van der Waals surface area contributed by atoms with Gasteiger partial charge in [-0.05, 0) is 37.0 Å². The third-order valence-electron chi connectivity index (χ3n) is 2.95. The van der Waals surface area contributed by atoms with Crippen molar-refractivity contribution >= 4 is 5.97 Å². The Hall–Kier alpha value is -1.51. The number of esters is 1. The van der Waals surface area contributed by atoms with E-state index in [1.54, 1.807) is 12.1 Å². The fourth-order valence-corrected chi connectivity index (χ4v) is 1.83. The van der Waals surface area contributed by atoms with Gasteiger partial charge >= 0.3 is 5.97 Å². The minimum atomic E-state index is -0.286. The first kappa shape index (κ1) is 10.0. The average Bonchev–Trinajstić information content (AvgIpc) is 3.01. The minimum Gasteiger partial charge on any atom is -0.508 e. The van der Waals surface area contributed by atoms with Gasteiger partial charge < -0.3 is 9.84 Å². The molecule has 0 aromatic heterocycles. The molecular weight excluding hydrogens is 192 g/mol. The van der Waals surface area contributed by atoms with E-state index in [4.69, 9.17) is 9.84 Å². The van der Waals surface area contributed by atoms with Crippen molar-refractivity contribution in [3.05, 3.63) is 29.8 Å². The van der Waals surface area contributed by atoms with E-state index < -0.39 is 0 Å². The first-order valence-electron chi connectivity index (χ1n) is 5.03. The van der Waals surface area contributed by atoms with Crippen LogP contribution in [0.2, 0.25) is 0 Å². The Labute approximate surface area is 88.7 Å². The Morgan fingerprint density at radius 3 is 2.47 bits per heavy atom. The smallest absolute Gasteiger partial charge is 0.312 e. The maximum atomic E-state index is 11.5. The molecule has 80 valence electrons. The summed E-state index contributed by atoms with van der Waals surface area (Å²) in [6.45, 7) is 0. The zero-order valence-corrected chi connectivity index (χ0v) is 8.69. The molecule has 1 aromatic carbocycles. The second-order valence-electron chi connectivity index (χ2n) is 4.12. The van der Waals surface area contributed by atoms with Crippen LogP contribution in [-0.2, 0) is 16.0 Å². The summed E-state index contributed by atoms with van der Waals surface area (Å²) in [5, 5.41) is 9.13. The fourth-order valence-electron chi connectivity index (χ4n) is 1.83. The van der Waals surface area contributed by atoms with E-state index in [0.29, 0.717) is 6.42 Å². The lowest BCUT2D eigenvalue weighted by molar-refractivity contribution is -0.147. The number of ether oxygens (including phenoxy) is 1. The number of carbonyl (C=O) groups is 1. The number of benzene rings is 1. The predicted octanol–water partition coefficient (Wildman–Crippen LogP) is 1.89. The van der Waals surface area contributed by atoms with Crippen molar-refractivity contribution in [3.63, 3.8) is 0 Å². The van der Waals surface area contributed by atoms with Crippen molar-refractivity contribution in [3.8, 4) is 5.75 Å². The molecule has 15 heavy (non-hydrogen) atoms. The molecule has 1 aliphatic rings. The van der Waals surface area contributed by atoms with Gasteiger partial charge in [0.15, 0.2) is 0 Å². The summed E-state index contributed by atoms with van der Waals surface area (Å²) in [4.78, 5) is 11.5. The van der Waals surface area contributed by atoms with Crippen LogP contribution in [0.3, 0.4) is 0 Å². The second-order valence-corrected chi connectivity index (χ2v) is 4.12. The van der Waals surface area contributed by atoms with Crippen molar-refractivity contribution in [2.24, 2.45) is 5.41 Å². The highest BCUT2D eigenvalue weighted by Crippen LogP contribution is 2.49. The van der Waals surface area contributed by atoms with E-state index >= 15 is 0 Å². The van der Waals surface area contributed by atoms with Crippen molar-refractivity contribution in [2.45, 2.75) is 19.3 Å². The first-order chi connectivity index (χ1) is 7.16. The Bertz CT molecular complexity index is 363. The van der Waals surface area contributed by atoms with E-state index in [1.165, 1.54) is 7.11 Å². The van der Waals surface area contributed by atoms with Gasteiger partial charge in [-0.1, -0.05) is 12.1 Å². The molecule has 3 nitrogen and oxygen atoms in total. The molecule has 0 spiro atoms. The summed E-state index contributed by atoms with van der Waals surface area (Å²) in [6, 6.07) is 6.97. The molecule has 1 fully saturated rings. The molecule has 0 amide bonds. The summed E-state index contributed by atoms with van der Waals surface area (Å²) in [6.07, 6.45) is 2.51. The lowest BCUT2D eigenvalue weighted by Crippen LogP contribution is -2.19. The van der Waals surface area contributed by atoms with Crippen LogP contribution in [0.4, 0.5) is 0 Å². The lowest BCUT2D eigenvalue weighted by Gasteiger charge is -2.12. The highest BCUT2D eigenvalue weighted by molar-refractivity contribution is 5.80. The third kappa shape index (κ3) is 1.96. The van der Waals surface area contributed by atoms with Crippen molar-refractivity contribution < 1.29 is 14.6 Å². The second kappa shape index (κ2) is 3.57. The molecule has 0 bridgehead atoms. The molecule has 0 radical (unpaired) electrons. The summed E-state index contributed by atoms with van der Waals surface area (Å²) in [7, 11) is 1.43. The monoisotopic (exact) mass is 206 g/mol. The van der Waals surface area contributed by atoms with E-state index in [2.05, 4.69) is 0 Å². The topological polar surface area (TPSA) is 46.5 Å². The molecular formula is C12H14O3. The molecule has 1 aromatic rings. The SMILES string of the molecule is COC(=O)C1(Cc2ccc(O)cc2)CC1. The van der Waals surface area contributed by atoms with Crippen LogP contribution < -0.4 is 0 Å². The Balaban J connectivity index is 2.09. The van der Waals surface area contributed by atoms with Gasteiger partial charge in [0.05, 0.1) is 12.5 Å². The van der Waals surface area contributed by atoms with Gasteiger partial charge in [0.25, 0.3) is 0 Å². The molecule has 1 saturated carbocycles. The molecule has 0 heterocycles. The molecule has 2 rings (SSSR count). The van der Waals surface area contributed by atoms with Gasteiger partial charge in [-0.2, -0.15) is 0 Å². The Kier molecular flexibility index (Phi) is 2.39. The van der Waals surface area contributed by atoms with Crippen LogP contribution >= 0.6 is 0 Å². The molecule has 0 saturated heterocycles. The van der Waals surface area contributed by atoms with Gasteiger partial charge in [-0.3, -0.25) is 4.79 Å². The number of phenolic OH excluding ortho intramolecular Hbond substituents is 1. The van der Waals surface area contributed by atoms with Crippen molar-refractivity contribution in [1.29, 1.82) is 0 Å². The maximum Gasteiger partial charge on any atom is 0.312 e. The summed E-state index contributed by atoms with van der Waals surface area (Å²) < 4.78 is 4.79. The van der Waals surface area contributed by atoms with E-state index in [-0.39, 0.29) is 17.1 Å². The largest absolute Gasteiger partial charge is 0.508 e. The number of carbonyl (C=O) groups excluding carboxylic acids is 1. The highest BCUT2D eigenvalue weighted by atomic mass is 16.5. The van der Waals surface area contributed by atoms with Crippen LogP contribution in [0.1, 0.15) is 18.4 Å². The minimum absolute atomic E-state index is 0.115. The predicted molar refractivity (Wildman–Crippen MR) is 55.5 cm³/mol. The third-order valence-corrected chi connectivity index (χ3v) is 2.95. The molecule has 0 unspecified atom stereocenters. The zero-order valence-electron chi connectivity index (χ0n) is 8.69. The fraction of sp³-hybridized carbons (Fsp3) is 0.417. The average molecular weight is 206 g/mol. The Morgan fingerprint density at radius 1 is 1.40 bits per heavy atom. The van der Waals surface area contributed by atoms with Gasteiger partial charge in [-0.15, -0.1) is 0 Å². The Morgan fingerprint density at radius 2 is 2.00 bits per heavy atom. The van der Waals surface area contributed by atoms with Gasteiger partial charge in [0, 0.05) is 0 Å². The van der Waals surface area contributed by atoms with Crippen LogP contribution in [-0.4, -0.2) is 18.2 Å². The number of methoxy groups -OCH3 is 1. The van der Waals surface area contributed by atoms with Gasteiger partial charge in [-0.25, -0.2) is 0 Å². The van der Waals surface area contributed by atoms with E-state index in [1.807, 2.05) is 12.1 Å². The number of hydrogen-bond donors (Lipinski definition) is 1. The lowest BCUT2D eigenvalue weighted by atomic mass is 9.97. The molecule has 1 N–H and O–H groups in total. The van der Waals surface area contributed by atoms with Crippen LogP contribution in [0.5, 0.6) is 5.75 Å². The number of phenols is 1. The molecule has 3 heteroatoms. The molecule has 0 atom stereocenters. The first-order valence-corrected chi connectivity index (χ1v) is 5.03. The van der Waals surface area contributed by atoms with Crippen molar-refractivity contribution in [2.75, 3.05) is 7.11 Å². The zero-order chi connectivity index (χ0) is 10.9. The number of aromatic hydroxyl groups is 1. The summed E-state index contributed by atoms with van der Waals surface area (Å²) in [5.74, 6) is 0.136. The van der Waals surface area contributed by atoms with E-state index in [0.717, 1.165) is 18.4 Å². The highest BCUT2D eigenvalue weighted by Gasteiger charge is 2.50. The molecule has 0 aliphatic heterocycles. The summed E-state index contributed by atoms with van der Waals surface area (Å²) in [5.41, 5.74) is 0.779. The van der Waals surface area contributed by atoms with Crippen LogP contribution in [0.25, 0.3) is 0 Å². The number of rotatable bonds is 3. The van der Waals surface area contributed by atoms with E-state index in [9.17, 15) is 4.79 Å². The van der Waals surface area contributed by atoms with Gasteiger partial charge in [0.1, 0.15) is 5.75 Å². The standard InChI is InChI=1S/C12H14O3/c1-15-11(14)12(6-7-12)8-9-2-4-10(13)5-3-9/h2-5,13H,6-8H2,1H3. The summed E-state index contributed by atoms with van der Waals surface area (Å²) >= 11 is 0. The van der Waals surface area contributed by atoms with Crippen LogP contribution in [0, 0.1) is 5.41 Å². The molecule has 1 aliphatic carbocycles. The maximum absolute atomic E-state index is 11.5. The van der Waals surface area contributed by atoms with Crippen LogP contribution in [0.15, 0.2) is 24.3 Å². The normalized spacial score (nSPS) is 17.1. The van der Waals surface area contributed by atoms with Crippen molar-refractivity contribution in [1.82, 2.24) is 0 Å². The number of hydrogen-bond acceptors (Lipinski definition) is 3. The quantitative estimate of drug-likeness (QED) is 0.768. The van der Waals surface area contributed by atoms with Gasteiger partial charge in [0.2, 0.25) is 0 Å².